The number of imidazole rings is 1. The second kappa shape index (κ2) is 5.42. The van der Waals surface area contributed by atoms with Crippen LogP contribution in [0.2, 0.25) is 0 Å². The maximum Gasteiger partial charge on any atom is 0.406 e. The molecule has 0 saturated heterocycles. The quantitative estimate of drug-likeness (QED) is 0.431. The molecule has 1 aromatic heterocycles. The molecule has 0 fully saturated rings. The van der Waals surface area contributed by atoms with Crippen molar-refractivity contribution in [1.29, 1.82) is 0 Å². The molecule has 0 aliphatic heterocycles. The second-order valence-electron chi connectivity index (χ2n) is 3.07. The van der Waals surface area contributed by atoms with Gasteiger partial charge in [-0.15, -0.1) is 0 Å². The summed E-state index contributed by atoms with van der Waals surface area (Å²) in [5.74, 6) is 0.109. The number of anilines is 1. The third kappa shape index (κ3) is 2.67. The van der Waals surface area contributed by atoms with Crippen LogP contribution in [0.15, 0.2) is 6.33 Å². The van der Waals surface area contributed by atoms with E-state index < -0.39 is 11.2 Å². The third-order valence-corrected chi connectivity index (χ3v) is 2.05. The fourth-order valence-corrected chi connectivity index (χ4v) is 1.20. The van der Waals surface area contributed by atoms with Gasteiger partial charge in [0.1, 0.15) is 0 Å². The molecule has 1 rings (SSSR count). The number of ether oxygens (including phenoxy) is 2. The molecule has 0 bridgehead atoms. The molecule has 0 amide bonds. The normalized spacial score (nSPS) is 10.8. The summed E-state index contributed by atoms with van der Waals surface area (Å²) in [5, 5.41) is 13.5. The van der Waals surface area contributed by atoms with Gasteiger partial charge >= 0.3 is 5.82 Å². The lowest BCUT2D eigenvalue weighted by molar-refractivity contribution is -0.388. The van der Waals surface area contributed by atoms with Crippen molar-refractivity contribution in [3.05, 3.63) is 16.4 Å². The van der Waals surface area contributed by atoms with Crippen LogP contribution in [0.3, 0.4) is 0 Å². The van der Waals surface area contributed by atoms with Crippen LogP contribution in [-0.2, 0) is 16.5 Å². The summed E-state index contributed by atoms with van der Waals surface area (Å²) in [7, 11) is 4.65. The number of hydrogen-bond acceptors (Lipinski definition) is 6. The van der Waals surface area contributed by atoms with Gasteiger partial charge in [0.05, 0.1) is 6.54 Å². The number of methoxy groups -OCH3 is 2. The second-order valence-corrected chi connectivity index (χ2v) is 3.07. The fraction of sp³-hybridized carbons (Fsp3) is 0.625. The minimum atomic E-state index is -0.545. The predicted octanol–water partition coefficient (Wildman–Crippen LogP) is 0.359. The average molecular weight is 230 g/mol. The summed E-state index contributed by atoms with van der Waals surface area (Å²) in [4.78, 5) is 13.8. The van der Waals surface area contributed by atoms with Crippen molar-refractivity contribution < 1.29 is 14.4 Å². The molecule has 8 heteroatoms. The fourth-order valence-electron chi connectivity index (χ4n) is 1.20. The highest BCUT2D eigenvalue weighted by atomic mass is 16.7. The van der Waals surface area contributed by atoms with Crippen molar-refractivity contribution in [1.82, 2.24) is 9.55 Å². The van der Waals surface area contributed by atoms with Gasteiger partial charge in [-0.2, -0.15) is 0 Å². The lowest BCUT2D eigenvalue weighted by atomic mass is 10.5. The molecule has 0 unspecified atom stereocenters. The van der Waals surface area contributed by atoms with E-state index in [-0.39, 0.29) is 5.82 Å². The first-order valence-corrected chi connectivity index (χ1v) is 4.55. The first-order valence-electron chi connectivity index (χ1n) is 4.55. The zero-order valence-electron chi connectivity index (χ0n) is 9.34. The van der Waals surface area contributed by atoms with E-state index in [0.29, 0.717) is 12.4 Å². The Morgan fingerprint density at radius 1 is 1.62 bits per heavy atom. The van der Waals surface area contributed by atoms with E-state index >= 15 is 0 Å². The Hall–Kier alpha value is -1.67. The molecule has 1 aromatic rings. The molecule has 0 radical (unpaired) electrons. The molecule has 8 nitrogen and oxygen atoms in total. The monoisotopic (exact) mass is 230 g/mol. The molecule has 90 valence electrons. The molecule has 0 atom stereocenters. The van der Waals surface area contributed by atoms with Gasteiger partial charge < -0.3 is 24.9 Å². The van der Waals surface area contributed by atoms with E-state index in [2.05, 4.69) is 10.3 Å². The van der Waals surface area contributed by atoms with E-state index in [1.165, 1.54) is 25.1 Å². The molecule has 0 spiro atoms. The van der Waals surface area contributed by atoms with Crippen molar-refractivity contribution in [2.45, 2.75) is 6.29 Å². The van der Waals surface area contributed by atoms with Gasteiger partial charge in [-0.3, -0.25) is 4.57 Å². The number of aromatic nitrogens is 2. The largest absolute Gasteiger partial charge is 0.406 e. The van der Waals surface area contributed by atoms with Crippen LogP contribution >= 0.6 is 0 Å². The van der Waals surface area contributed by atoms with Crippen LogP contribution in [0.5, 0.6) is 0 Å². The van der Waals surface area contributed by atoms with Gasteiger partial charge in [0, 0.05) is 21.3 Å². The van der Waals surface area contributed by atoms with Crippen molar-refractivity contribution in [3.8, 4) is 0 Å². The lowest BCUT2D eigenvalue weighted by Gasteiger charge is -2.14. The molecule has 0 aromatic carbocycles. The summed E-state index contributed by atoms with van der Waals surface area (Å²) in [5.41, 5.74) is 0. The topological polar surface area (TPSA) is 91.5 Å². The van der Waals surface area contributed by atoms with E-state index in [9.17, 15) is 10.1 Å². The molecule has 0 saturated carbocycles. The van der Waals surface area contributed by atoms with Crippen LogP contribution in [0, 0.1) is 10.1 Å². The number of nitrogens with zero attached hydrogens (tertiary/aromatic N) is 3. The first-order chi connectivity index (χ1) is 7.60. The van der Waals surface area contributed by atoms with Crippen LogP contribution in [-0.4, -0.2) is 41.5 Å². The maximum absolute atomic E-state index is 10.6. The zero-order chi connectivity index (χ0) is 12.1. The highest BCUT2D eigenvalue weighted by molar-refractivity contribution is 5.51. The Bertz CT molecular complexity index is 361. The summed E-state index contributed by atoms with van der Waals surface area (Å²) in [6.07, 6.45) is 0.907. The molecule has 0 aliphatic rings. The summed E-state index contributed by atoms with van der Waals surface area (Å²) < 4.78 is 11.4. The zero-order valence-corrected chi connectivity index (χ0v) is 9.34. The number of rotatable bonds is 6. The summed E-state index contributed by atoms with van der Waals surface area (Å²) in [6.45, 7) is 0.299. The van der Waals surface area contributed by atoms with Crippen molar-refractivity contribution in [2.24, 2.45) is 7.05 Å². The van der Waals surface area contributed by atoms with Gasteiger partial charge in [-0.1, -0.05) is 0 Å². The van der Waals surface area contributed by atoms with Crippen LogP contribution in [0.4, 0.5) is 11.6 Å². The first kappa shape index (κ1) is 12.4. The highest BCUT2D eigenvalue weighted by Gasteiger charge is 2.20. The van der Waals surface area contributed by atoms with E-state index in [4.69, 9.17) is 9.47 Å². The number of nitrogens with one attached hydrogen (secondary N) is 1. The van der Waals surface area contributed by atoms with Gasteiger partial charge in [0.15, 0.2) is 6.29 Å². The van der Waals surface area contributed by atoms with E-state index in [0.717, 1.165) is 0 Å². The Kier molecular flexibility index (Phi) is 4.20. The van der Waals surface area contributed by atoms with Gasteiger partial charge in [-0.25, -0.2) is 0 Å². The molecule has 1 N–H and O–H groups in total. The minimum absolute atomic E-state index is 0.214. The molecular weight excluding hydrogens is 216 g/mol. The van der Waals surface area contributed by atoms with Crippen LogP contribution < -0.4 is 5.32 Å². The maximum atomic E-state index is 10.6. The van der Waals surface area contributed by atoms with Gasteiger partial charge in [0.25, 0.3) is 0 Å². The summed E-state index contributed by atoms with van der Waals surface area (Å²) in [6, 6.07) is 0. The van der Waals surface area contributed by atoms with Crippen molar-refractivity contribution >= 4 is 11.6 Å². The van der Waals surface area contributed by atoms with Gasteiger partial charge in [0.2, 0.25) is 12.1 Å². The Balaban J connectivity index is 2.72. The molecule has 16 heavy (non-hydrogen) atoms. The Morgan fingerprint density at radius 2 is 2.25 bits per heavy atom. The van der Waals surface area contributed by atoms with Crippen molar-refractivity contribution in [2.75, 3.05) is 26.1 Å². The summed E-state index contributed by atoms with van der Waals surface area (Å²) >= 11 is 0. The molecule has 1 heterocycles. The highest BCUT2D eigenvalue weighted by Crippen LogP contribution is 2.20. The molecular formula is C8H14N4O4. The minimum Gasteiger partial charge on any atom is -0.359 e. The lowest BCUT2D eigenvalue weighted by Crippen LogP contribution is -2.24. The smallest absolute Gasteiger partial charge is 0.359 e. The standard InChI is InChI=1S/C8H14N4O4/c1-11-5-10-8(12(13)14)7(11)9-4-6(15-2)16-3/h5-6,9H,4H2,1-3H3. The van der Waals surface area contributed by atoms with Crippen LogP contribution in [0.1, 0.15) is 0 Å². The van der Waals surface area contributed by atoms with Crippen LogP contribution in [0.25, 0.3) is 0 Å². The number of nitro groups is 1. The Labute approximate surface area is 92.3 Å². The van der Waals surface area contributed by atoms with Crippen molar-refractivity contribution in [3.63, 3.8) is 0 Å². The van der Waals surface area contributed by atoms with E-state index in [1.54, 1.807) is 7.05 Å². The predicted molar refractivity (Wildman–Crippen MR) is 56.2 cm³/mol. The van der Waals surface area contributed by atoms with E-state index in [1.807, 2.05) is 0 Å². The third-order valence-electron chi connectivity index (χ3n) is 2.05. The average Bonchev–Trinajstić information content (AvgIpc) is 2.62. The Morgan fingerprint density at radius 3 is 2.75 bits per heavy atom. The number of aryl methyl sites for hydroxylation is 1. The SMILES string of the molecule is COC(CNc1c([N+](=O)[O-])ncn1C)OC. The number of hydrogen-bond donors (Lipinski definition) is 1. The van der Waals surface area contributed by atoms with Gasteiger partial charge in [-0.05, 0) is 9.91 Å². The molecule has 0 aliphatic carbocycles.